The fourth-order valence-electron chi connectivity index (χ4n) is 1.97. The Labute approximate surface area is 138 Å². The van der Waals surface area contributed by atoms with Gasteiger partial charge in [-0.2, -0.15) is 5.10 Å². The number of rotatable bonds is 6. The van der Waals surface area contributed by atoms with E-state index in [1.54, 1.807) is 6.07 Å². The van der Waals surface area contributed by atoms with Crippen molar-refractivity contribution in [3.05, 3.63) is 63.6 Å². The molecule has 0 spiro atoms. The molecule has 0 saturated heterocycles. The van der Waals surface area contributed by atoms with Crippen LogP contribution in [0.25, 0.3) is 0 Å². The maximum atomic E-state index is 11.9. The van der Waals surface area contributed by atoms with Gasteiger partial charge in [0.15, 0.2) is 11.9 Å². The molecule has 1 aromatic carbocycles. The number of aromatic nitrogens is 2. The summed E-state index contributed by atoms with van der Waals surface area (Å²) in [7, 11) is 0. The smallest absolute Gasteiger partial charge is 0.267 e. The predicted molar refractivity (Wildman–Crippen MR) is 93.1 cm³/mol. The van der Waals surface area contributed by atoms with E-state index in [4.69, 9.17) is 22.9 Å². The summed E-state index contributed by atoms with van der Waals surface area (Å²) < 4.78 is 1.36. The monoisotopic (exact) mass is 328 g/mol. The van der Waals surface area contributed by atoms with Crippen LogP contribution in [0.5, 0.6) is 0 Å². The van der Waals surface area contributed by atoms with E-state index in [1.165, 1.54) is 10.7 Å². The van der Waals surface area contributed by atoms with Gasteiger partial charge in [0.25, 0.3) is 5.56 Å². The van der Waals surface area contributed by atoms with E-state index >= 15 is 0 Å². The Kier molecular flexibility index (Phi) is 5.50. The van der Waals surface area contributed by atoms with Gasteiger partial charge in [-0.1, -0.05) is 24.3 Å². The molecular formula is C15H20N8O. The molecule has 2 aromatic rings. The van der Waals surface area contributed by atoms with Crippen LogP contribution in [-0.2, 0) is 19.6 Å². The van der Waals surface area contributed by atoms with E-state index in [0.717, 1.165) is 11.1 Å². The lowest BCUT2D eigenvalue weighted by Gasteiger charge is -2.07. The van der Waals surface area contributed by atoms with Crippen molar-refractivity contribution in [1.29, 1.82) is 0 Å². The van der Waals surface area contributed by atoms with Gasteiger partial charge in [-0.05, 0) is 17.2 Å². The zero-order chi connectivity index (χ0) is 17.5. The minimum absolute atomic E-state index is 0.0223. The van der Waals surface area contributed by atoms with Crippen LogP contribution in [0, 0.1) is 0 Å². The van der Waals surface area contributed by atoms with Gasteiger partial charge in [0.2, 0.25) is 0 Å². The summed E-state index contributed by atoms with van der Waals surface area (Å²) in [6.07, 6.45) is 0. The number of hydrogen-bond acceptors (Lipinski definition) is 4. The zero-order valence-corrected chi connectivity index (χ0v) is 13.1. The third-order valence-corrected chi connectivity index (χ3v) is 3.14. The second kappa shape index (κ2) is 7.77. The molecule has 9 nitrogen and oxygen atoms in total. The summed E-state index contributed by atoms with van der Waals surface area (Å²) in [6, 6.07) is 10.6. The Hall–Kier alpha value is -3.36. The van der Waals surface area contributed by atoms with Crippen LogP contribution in [0.15, 0.2) is 51.2 Å². The second-order valence-corrected chi connectivity index (χ2v) is 5.12. The summed E-state index contributed by atoms with van der Waals surface area (Å²) in [4.78, 5) is 19.7. The first-order valence-electron chi connectivity index (χ1n) is 7.19. The van der Waals surface area contributed by atoms with Crippen molar-refractivity contribution in [3.63, 3.8) is 0 Å². The number of nitrogens with zero attached hydrogens (tertiary/aromatic N) is 4. The molecule has 0 aliphatic heterocycles. The molecule has 0 bridgehead atoms. The fourth-order valence-corrected chi connectivity index (χ4v) is 1.97. The summed E-state index contributed by atoms with van der Waals surface area (Å²) in [5.41, 5.74) is 23.5. The van der Waals surface area contributed by atoms with E-state index < -0.39 is 0 Å². The number of hydrogen-bond donors (Lipinski definition) is 4. The molecule has 8 N–H and O–H groups in total. The van der Waals surface area contributed by atoms with Gasteiger partial charge in [-0.25, -0.2) is 14.7 Å². The maximum absolute atomic E-state index is 11.9. The van der Waals surface area contributed by atoms with E-state index in [1.807, 2.05) is 24.3 Å². The molecule has 0 fully saturated rings. The minimum atomic E-state index is -0.201. The number of benzene rings is 1. The van der Waals surface area contributed by atoms with Gasteiger partial charge in [-0.3, -0.25) is 4.79 Å². The van der Waals surface area contributed by atoms with Crippen molar-refractivity contribution in [2.45, 2.75) is 19.6 Å². The predicted octanol–water partition coefficient (Wildman–Crippen LogP) is -1.16. The van der Waals surface area contributed by atoms with Crippen molar-refractivity contribution in [1.82, 2.24) is 9.78 Å². The average Bonchev–Trinajstić information content (AvgIpc) is 2.54. The lowest BCUT2D eigenvalue weighted by Crippen LogP contribution is -2.25. The van der Waals surface area contributed by atoms with Crippen LogP contribution in [0.4, 0.5) is 0 Å². The van der Waals surface area contributed by atoms with Crippen molar-refractivity contribution in [2.75, 3.05) is 0 Å². The van der Waals surface area contributed by atoms with Crippen LogP contribution in [0.2, 0.25) is 0 Å². The number of aliphatic imine (C=N–C) groups is 2. The van der Waals surface area contributed by atoms with Crippen molar-refractivity contribution >= 4 is 11.9 Å². The molecule has 0 saturated carbocycles. The van der Waals surface area contributed by atoms with Crippen LogP contribution in [0.1, 0.15) is 16.8 Å². The van der Waals surface area contributed by atoms with Gasteiger partial charge in [0, 0.05) is 6.07 Å². The standard InChI is InChI=1S/C15H20N8O/c16-14(17)20-7-10-1-3-11(4-2-10)9-23-13(24)6-5-12(22-23)8-21-15(18)19/h1-6H,7-9H2,(H4,16,17,20)(H4,18,19,21). The fraction of sp³-hybridized carbons (Fsp3) is 0.200. The molecule has 0 amide bonds. The molecule has 0 aliphatic rings. The van der Waals surface area contributed by atoms with Crippen LogP contribution in [0.3, 0.4) is 0 Å². The third-order valence-electron chi connectivity index (χ3n) is 3.14. The highest BCUT2D eigenvalue weighted by Gasteiger charge is 2.03. The highest BCUT2D eigenvalue weighted by atomic mass is 16.1. The van der Waals surface area contributed by atoms with E-state index in [9.17, 15) is 4.79 Å². The van der Waals surface area contributed by atoms with Gasteiger partial charge >= 0.3 is 0 Å². The average molecular weight is 328 g/mol. The lowest BCUT2D eigenvalue weighted by atomic mass is 10.1. The first-order valence-corrected chi connectivity index (χ1v) is 7.19. The zero-order valence-electron chi connectivity index (χ0n) is 13.1. The number of guanidine groups is 2. The van der Waals surface area contributed by atoms with Gasteiger partial charge in [-0.15, -0.1) is 0 Å². The molecule has 24 heavy (non-hydrogen) atoms. The first-order chi connectivity index (χ1) is 11.4. The van der Waals surface area contributed by atoms with Crippen LogP contribution >= 0.6 is 0 Å². The Morgan fingerprint density at radius 3 is 2.08 bits per heavy atom. The third kappa shape index (κ3) is 5.13. The Bertz CT molecular complexity index is 799. The summed E-state index contributed by atoms with van der Waals surface area (Å²) in [5.74, 6) is 0.0262. The molecule has 0 unspecified atom stereocenters. The van der Waals surface area contributed by atoms with Gasteiger partial charge in [0.05, 0.1) is 25.3 Å². The largest absolute Gasteiger partial charge is 0.370 e. The molecule has 2 rings (SSSR count). The molecule has 1 heterocycles. The molecule has 9 heteroatoms. The molecule has 0 radical (unpaired) electrons. The van der Waals surface area contributed by atoms with Crippen molar-refractivity contribution in [2.24, 2.45) is 32.9 Å². The topological polar surface area (TPSA) is 164 Å². The number of nitrogens with two attached hydrogens (primary N) is 4. The summed E-state index contributed by atoms with van der Waals surface area (Å²) in [5, 5.41) is 4.25. The SMILES string of the molecule is NC(N)=NCc1ccc(Cn2nc(CN=C(N)N)ccc2=O)cc1. The normalized spacial score (nSPS) is 10.2. The highest BCUT2D eigenvalue weighted by molar-refractivity contribution is 5.75. The van der Waals surface area contributed by atoms with Gasteiger partial charge < -0.3 is 22.9 Å². The maximum Gasteiger partial charge on any atom is 0.267 e. The van der Waals surface area contributed by atoms with Crippen molar-refractivity contribution in [3.8, 4) is 0 Å². The van der Waals surface area contributed by atoms with Crippen molar-refractivity contribution < 1.29 is 0 Å². The summed E-state index contributed by atoms with van der Waals surface area (Å²) in [6.45, 7) is 0.978. The van der Waals surface area contributed by atoms with Crippen LogP contribution in [-0.4, -0.2) is 21.7 Å². The Morgan fingerprint density at radius 2 is 1.46 bits per heavy atom. The van der Waals surface area contributed by atoms with E-state index in [0.29, 0.717) is 18.8 Å². The van der Waals surface area contributed by atoms with Crippen LogP contribution < -0.4 is 28.5 Å². The van der Waals surface area contributed by atoms with Gasteiger partial charge in [0.1, 0.15) is 0 Å². The molecule has 0 atom stereocenters. The molecule has 126 valence electrons. The second-order valence-electron chi connectivity index (χ2n) is 5.12. The molecular weight excluding hydrogens is 308 g/mol. The summed E-state index contributed by atoms with van der Waals surface area (Å²) >= 11 is 0. The highest BCUT2D eigenvalue weighted by Crippen LogP contribution is 2.07. The minimum Gasteiger partial charge on any atom is -0.370 e. The quantitative estimate of drug-likeness (QED) is 0.386. The Balaban J connectivity index is 2.12. The Morgan fingerprint density at radius 1 is 0.875 bits per heavy atom. The molecule has 0 aliphatic carbocycles. The molecule has 1 aromatic heterocycles. The first kappa shape index (κ1) is 17.0. The van der Waals surface area contributed by atoms with E-state index in [-0.39, 0.29) is 24.0 Å². The van der Waals surface area contributed by atoms with E-state index in [2.05, 4.69) is 15.1 Å². The lowest BCUT2D eigenvalue weighted by molar-refractivity contribution is 0.619.